The molecule has 0 radical (unpaired) electrons. The second-order valence-corrected chi connectivity index (χ2v) is 14.0. The van der Waals surface area contributed by atoms with Crippen LogP contribution in [-0.4, -0.2) is 0 Å². The van der Waals surface area contributed by atoms with Gasteiger partial charge < -0.3 is 0 Å². The molecule has 0 aliphatic rings. The van der Waals surface area contributed by atoms with Crippen LogP contribution in [0.15, 0.2) is 158 Å². The molecule has 0 heterocycles. The molecule has 0 aromatic heterocycles. The molecule has 0 bridgehead atoms. The Morgan fingerprint density at radius 2 is 0.538 bits per heavy atom. The van der Waals surface area contributed by atoms with Crippen LogP contribution in [-0.2, 0) is 0 Å². The van der Waals surface area contributed by atoms with Crippen molar-refractivity contribution in [3.63, 3.8) is 0 Å². The van der Waals surface area contributed by atoms with Crippen molar-refractivity contribution < 1.29 is 0 Å². The van der Waals surface area contributed by atoms with Crippen molar-refractivity contribution in [3.05, 3.63) is 213 Å². The minimum Gasteiger partial charge on any atom is -0.0620 e. The molecule has 8 aromatic rings. The quantitative estimate of drug-likeness (QED) is 0.150. The largest absolute Gasteiger partial charge is 0.0620 e. The summed E-state index contributed by atoms with van der Waals surface area (Å²) < 4.78 is 0. The maximum absolute atomic E-state index is 2.22. The molecule has 0 saturated heterocycles. The summed E-state index contributed by atoms with van der Waals surface area (Å²) >= 11 is 0. The predicted octanol–water partition coefficient (Wildman–Crippen LogP) is 15.0. The molecule has 52 heavy (non-hydrogen) atoms. The van der Waals surface area contributed by atoms with Crippen molar-refractivity contribution in [1.82, 2.24) is 0 Å². The second kappa shape index (κ2) is 19.2. The van der Waals surface area contributed by atoms with Gasteiger partial charge in [-0.15, -0.1) is 0 Å². The lowest BCUT2D eigenvalue weighted by Gasteiger charge is -2.03. The minimum atomic E-state index is 1.33. The van der Waals surface area contributed by atoms with E-state index in [0.29, 0.717) is 0 Å². The Balaban J connectivity index is 0.000000147. The van der Waals surface area contributed by atoms with Crippen LogP contribution in [0.25, 0.3) is 32.3 Å². The van der Waals surface area contributed by atoms with Crippen LogP contribution in [0.5, 0.6) is 0 Å². The molecule has 0 amide bonds. The lowest BCUT2D eigenvalue weighted by molar-refractivity contribution is 1.34. The molecule has 0 atom stereocenters. The molecule has 0 aliphatic carbocycles. The molecule has 0 saturated carbocycles. The highest BCUT2D eigenvalue weighted by Gasteiger charge is 1.99. The van der Waals surface area contributed by atoms with E-state index in [4.69, 9.17) is 0 Å². The third-order valence-electron chi connectivity index (χ3n) is 9.57. The van der Waals surface area contributed by atoms with Gasteiger partial charge in [0.2, 0.25) is 0 Å². The Labute approximate surface area is 313 Å². The maximum Gasteiger partial charge on any atom is -0.0152 e. The molecule has 8 rings (SSSR count). The van der Waals surface area contributed by atoms with E-state index >= 15 is 0 Å². The highest BCUT2D eigenvalue weighted by Crippen LogP contribution is 2.22. The number of hydrogen-bond acceptors (Lipinski definition) is 0. The van der Waals surface area contributed by atoms with Crippen LogP contribution in [0.1, 0.15) is 55.6 Å². The zero-order valence-corrected chi connectivity index (χ0v) is 33.0. The van der Waals surface area contributed by atoms with Gasteiger partial charge in [0.1, 0.15) is 0 Å². The standard InChI is InChI=1S/3C12H12.2C8H10/c1-9-5-3-8-12-10(2)6-4-7-11(9)12;1-9-6-7-12-10(2)4-3-5-11(12)8-9;1-9-7-8-10(2)12-6-4-3-5-11(9)12;1-7-4-3-5-8(2)6-7;1-7-5-3-4-6-8(7)2/h3*3-8H,1-2H3;2*3-6H,1-2H3. The summed E-state index contributed by atoms with van der Waals surface area (Å²) in [5.74, 6) is 0. The van der Waals surface area contributed by atoms with Crippen LogP contribution < -0.4 is 0 Å². The Hall–Kier alpha value is -5.46. The third kappa shape index (κ3) is 11.3. The van der Waals surface area contributed by atoms with Crippen molar-refractivity contribution in [2.75, 3.05) is 0 Å². The van der Waals surface area contributed by atoms with Gasteiger partial charge in [0, 0.05) is 0 Å². The first-order valence-electron chi connectivity index (χ1n) is 18.4. The van der Waals surface area contributed by atoms with Gasteiger partial charge in [-0.25, -0.2) is 0 Å². The summed E-state index contributed by atoms with van der Waals surface area (Å²) in [5, 5.41) is 8.20. The Morgan fingerprint density at radius 3 is 0.962 bits per heavy atom. The minimum absolute atomic E-state index is 1.33. The molecule has 0 unspecified atom stereocenters. The van der Waals surface area contributed by atoms with Crippen LogP contribution in [0.3, 0.4) is 0 Å². The van der Waals surface area contributed by atoms with Crippen molar-refractivity contribution in [2.24, 2.45) is 0 Å². The van der Waals surface area contributed by atoms with Crippen LogP contribution in [0.4, 0.5) is 0 Å². The first-order valence-corrected chi connectivity index (χ1v) is 18.4. The first-order chi connectivity index (χ1) is 24.9. The Morgan fingerprint density at radius 1 is 0.212 bits per heavy atom. The van der Waals surface area contributed by atoms with E-state index in [1.54, 1.807) is 0 Å². The number of benzene rings is 8. The summed E-state index contributed by atoms with van der Waals surface area (Å²) in [6.07, 6.45) is 0. The molecule has 264 valence electrons. The average molecular weight is 681 g/mol. The predicted molar refractivity (Wildman–Crippen MR) is 232 cm³/mol. The van der Waals surface area contributed by atoms with E-state index in [0.717, 1.165) is 0 Å². The van der Waals surface area contributed by atoms with Gasteiger partial charge >= 0.3 is 0 Å². The topological polar surface area (TPSA) is 0 Å². The number of aryl methyl sites for hydroxylation is 10. The fourth-order valence-electron chi connectivity index (χ4n) is 6.26. The molecule has 0 heteroatoms. The van der Waals surface area contributed by atoms with E-state index in [2.05, 4.69) is 227 Å². The van der Waals surface area contributed by atoms with Crippen molar-refractivity contribution in [1.29, 1.82) is 0 Å². The lowest BCUT2D eigenvalue weighted by Crippen LogP contribution is -1.80. The van der Waals surface area contributed by atoms with Gasteiger partial charge in [-0.05, 0) is 140 Å². The van der Waals surface area contributed by atoms with Gasteiger partial charge in [-0.3, -0.25) is 0 Å². The summed E-state index contributed by atoms with van der Waals surface area (Å²) in [6.45, 7) is 21.3. The molecular weight excluding hydrogens is 625 g/mol. The molecule has 8 aromatic carbocycles. The van der Waals surface area contributed by atoms with E-state index < -0.39 is 0 Å². The molecule has 0 N–H and O–H groups in total. The Bertz CT molecular complexity index is 2200. The smallest absolute Gasteiger partial charge is 0.0152 e. The highest BCUT2D eigenvalue weighted by atomic mass is 14.0. The summed E-state index contributed by atoms with van der Waals surface area (Å²) in [7, 11) is 0. The first kappa shape index (κ1) is 39.3. The zero-order chi connectivity index (χ0) is 37.6. The van der Waals surface area contributed by atoms with Gasteiger partial charge in [0.25, 0.3) is 0 Å². The van der Waals surface area contributed by atoms with Crippen LogP contribution >= 0.6 is 0 Å². The fourth-order valence-corrected chi connectivity index (χ4v) is 6.26. The molecule has 0 spiro atoms. The van der Waals surface area contributed by atoms with Crippen molar-refractivity contribution >= 4 is 32.3 Å². The van der Waals surface area contributed by atoms with E-state index in [-0.39, 0.29) is 0 Å². The van der Waals surface area contributed by atoms with Crippen molar-refractivity contribution in [2.45, 2.75) is 69.2 Å². The van der Waals surface area contributed by atoms with E-state index in [1.807, 2.05) is 0 Å². The number of hydrogen-bond donors (Lipinski definition) is 0. The van der Waals surface area contributed by atoms with E-state index in [1.165, 1.54) is 88.0 Å². The average Bonchev–Trinajstić information content (AvgIpc) is 3.13. The summed E-state index contributed by atoms with van der Waals surface area (Å²) in [5.41, 5.74) is 13.5. The molecular formula is C52H56. The molecule has 0 aliphatic heterocycles. The van der Waals surface area contributed by atoms with Gasteiger partial charge in [0.15, 0.2) is 0 Å². The summed E-state index contributed by atoms with van der Waals surface area (Å²) in [4.78, 5) is 0. The Kier molecular flexibility index (Phi) is 14.5. The van der Waals surface area contributed by atoms with Gasteiger partial charge in [-0.1, -0.05) is 174 Å². The third-order valence-corrected chi connectivity index (χ3v) is 9.57. The van der Waals surface area contributed by atoms with Crippen molar-refractivity contribution in [3.8, 4) is 0 Å². The van der Waals surface area contributed by atoms with Gasteiger partial charge in [-0.2, -0.15) is 0 Å². The van der Waals surface area contributed by atoms with Crippen LogP contribution in [0.2, 0.25) is 0 Å². The SMILES string of the molecule is Cc1ccc(C)c2ccccc12.Cc1ccc2c(C)cccc2c1.Cc1cccc(C)c1.Cc1cccc2c(C)cccc12.Cc1ccccc1C. The summed E-state index contributed by atoms with van der Waals surface area (Å²) in [6, 6.07) is 55.6. The number of fused-ring (bicyclic) bond motifs is 3. The monoisotopic (exact) mass is 680 g/mol. The van der Waals surface area contributed by atoms with E-state index in [9.17, 15) is 0 Å². The fraction of sp³-hybridized carbons (Fsp3) is 0.192. The van der Waals surface area contributed by atoms with Gasteiger partial charge in [0.05, 0.1) is 0 Å². The lowest BCUT2D eigenvalue weighted by atomic mass is 10.0. The van der Waals surface area contributed by atoms with Crippen LogP contribution in [0, 0.1) is 69.2 Å². The highest BCUT2D eigenvalue weighted by molar-refractivity contribution is 5.89. The number of rotatable bonds is 0. The normalized spacial score (nSPS) is 10.1. The molecule has 0 nitrogen and oxygen atoms in total. The molecule has 0 fully saturated rings. The zero-order valence-electron chi connectivity index (χ0n) is 33.0. The maximum atomic E-state index is 2.22. The second-order valence-electron chi connectivity index (χ2n) is 14.0.